The highest BCUT2D eigenvalue weighted by Gasteiger charge is 2.28. The van der Waals surface area contributed by atoms with E-state index in [0.717, 1.165) is 19.3 Å². The smallest absolute Gasteiger partial charge is 0.308 e. The van der Waals surface area contributed by atoms with E-state index in [-0.39, 0.29) is 23.8 Å². The summed E-state index contributed by atoms with van der Waals surface area (Å²) in [7, 11) is 1.40. The van der Waals surface area contributed by atoms with Gasteiger partial charge in [0.1, 0.15) is 6.26 Å². The van der Waals surface area contributed by atoms with Crippen molar-refractivity contribution < 1.29 is 18.7 Å². The maximum atomic E-state index is 11.8. The third-order valence-corrected chi connectivity index (χ3v) is 3.33. The molecule has 5 heteroatoms. The molecule has 1 fully saturated rings. The second kappa shape index (κ2) is 5.71. The Kier molecular flexibility index (Phi) is 4.02. The first-order valence-corrected chi connectivity index (χ1v) is 6.11. The van der Waals surface area contributed by atoms with Crippen LogP contribution in [-0.2, 0) is 9.53 Å². The Morgan fingerprint density at radius 2 is 2.28 bits per heavy atom. The van der Waals surface area contributed by atoms with E-state index in [1.165, 1.54) is 19.6 Å². The van der Waals surface area contributed by atoms with Crippen molar-refractivity contribution in [2.24, 2.45) is 5.92 Å². The van der Waals surface area contributed by atoms with Gasteiger partial charge in [-0.3, -0.25) is 9.59 Å². The van der Waals surface area contributed by atoms with Crippen LogP contribution in [0, 0.1) is 5.92 Å². The first kappa shape index (κ1) is 12.7. The molecule has 0 bridgehead atoms. The van der Waals surface area contributed by atoms with Gasteiger partial charge in [-0.15, -0.1) is 0 Å². The summed E-state index contributed by atoms with van der Waals surface area (Å²) in [6, 6.07) is 1.65. The molecule has 0 aliphatic heterocycles. The highest BCUT2D eigenvalue weighted by molar-refractivity contribution is 5.94. The number of hydrogen-bond donors (Lipinski definition) is 1. The molecule has 1 saturated carbocycles. The monoisotopic (exact) mass is 251 g/mol. The van der Waals surface area contributed by atoms with Gasteiger partial charge in [0, 0.05) is 6.04 Å². The number of carbonyl (C=O) groups excluding carboxylic acids is 2. The van der Waals surface area contributed by atoms with E-state index in [4.69, 9.17) is 9.15 Å². The maximum absolute atomic E-state index is 11.8. The number of carbonyl (C=O) groups is 2. The van der Waals surface area contributed by atoms with Crippen molar-refractivity contribution in [2.75, 3.05) is 7.11 Å². The topological polar surface area (TPSA) is 68.5 Å². The van der Waals surface area contributed by atoms with Crippen LogP contribution in [0.2, 0.25) is 0 Å². The zero-order valence-corrected chi connectivity index (χ0v) is 10.3. The number of furan rings is 1. The SMILES string of the molecule is COC(=O)C1CCCC(NC(=O)c2ccoc2)C1. The predicted molar refractivity (Wildman–Crippen MR) is 63.9 cm³/mol. The summed E-state index contributed by atoms with van der Waals surface area (Å²) in [5, 5.41) is 2.92. The fourth-order valence-corrected chi connectivity index (χ4v) is 2.36. The Morgan fingerprint density at radius 3 is 2.94 bits per heavy atom. The van der Waals surface area contributed by atoms with Gasteiger partial charge >= 0.3 is 5.97 Å². The molecule has 1 aromatic rings. The summed E-state index contributed by atoms with van der Waals surface area (Å²) >= 11 is 0. The van der Waals surface area contributed by atoms with Crippen LogP contribution >= 0.6 is 0 Å². The molecule has 1 aromatic heterocycles. The maximum Gasteiger partial charge on any atom is 0.308 e. The molecule has 2 rings (SSSR count). The molecule has 1 N–H and O–H groups in total. The number of rotatable bonds is 3. The van der Waals surface area contributed by atoms with Crippen LogP contribution in [0.3, 0.4) is 0 Å². The highest BCUT2D eigenvalue weighted by atomic mass is 16.5. The van der Waals surface area contributed by atoms with Crippen molar-refractivity contribution in [3.63, 3.8) is 0 Å². The second-order valence-corrected chi connectivity index (χ2v) is 4.57. The molecule has 0 radical (unpaired) electrons. The molecule has 1 aliphatic rings. The molecule has 98 valence electrons. The van der Waals surface area contributed by atoms with Crippen molar-refractivity contribution in [2.45, 2.75) is 31.7 Å². The summed E-state index contributed by atoms with van der Waals surface area (Å²) < 4.78 is 9.62. The lowest BCUT2D eigenvalue weighted by Gasteiger charge is -2.27. The molecular formula is C13H17NO4. The molecule has 18 heavy (non-hydrogen) atoms. The summed E-state index contributed by atoms with van der Waals surface area (Å²) in [4.78, 5) is 23.3. The first-order valence-electron chi connectivity index (χ1n) is 6.11. The first-order chi connectivity index (χ1) is 8.70. The Morgan fingerprint density at radius 1 is 1.44 bits per heavy atom. The number of ether oxygens (including phenoxy) is 1. The van der Waals surface area contributed by atoms with Crippen LogP contribution in [-0.4, -0.2) is 25.0 Å². The zero-order chi connectivity index (χ0) is 13.0. The van der Waals surface area contributed by atoms with E-state index in [9.17, 15) is 9.59 Å². The third-order valence-electron chi connectivity index (χ3n) is 3.33. The van der Waals surface area contributed by atoms with Crippen LogP contribution in [0.5, 0.6) is 0 Å². The average molecular weight is 251 g/mol. The molecule has 0 aromatic carbocycles. The highest BCUT2D eigenvalue weighted by Crippen LogP contribution is 2.25. The molecule has 2 atom stereocenters. The fraction of sp³-hybridized carbons (Fsp3) is 0.538. The molecule has 5 nitrogen and oxygen atoms in total. The standard InChI is InChI=1S/C13H17NO4/c1-17-13(16)9-3-2-4-11(7-9)14-12(15)10-5-6-18-8-10/h5-6,8-9,11H,2-4,7H2,1H3,(H,14,15). The van der Waals surface area contributed by atoms with Crippen molar-refractivity contribution in [3.05, 3.63) is 24.2 Å². The Bertz CT molecular complexity index is 413. The number of esters is 1. The van der Waals surface area contributed by atoms with E-state index < -0.39 is 0 Å². The van der Waals surface area contributed by atoms with Gasteiger partial charge in [-0.05, 0) is 25.3 Å². The summed E-state index contributed by atoms with van der Waals surface area (Å²) in [6.45, 7) is 0. The molecule has 0 saturated heterocycles. The molecule has 1 amide bonds. The van der Waals surface area contributed by atoms with Crippen LogP contribution in [0.15, 0.2) is 23.0 Å². The minimum absolute atomic E-state index is 0.0326. The quantitative estimate of drug-likeness (QED) is 0.831. The Labute approximate surface area is 105 Å². The Hall–Kier alpha value is -1.78. The molecule has 0 spiro atoms. The van der Waals surface area contributed by atoms with Gasteiger partial charge in [-0.1, -0.05) is 6.42 Å². The average Bonchev–Trinajstić information content (AvgIpc) is 2.92. The van der Waals surface area contributed by atoms with E-state index in [1.807, 2.05) is 0 Å². The van der Waals surface area contributed by atoms with Crippen LogP contribution in [0.4, 0.5) is 0 Å². The lowest BCUT2D eigenvalue weighted by molar-refractivity contribution is -0.146. The zero-order valence-electron chi connectivity index (χ0n) is 10.3. The van der Waals surface area contributed by atoms with E-state index in [1.54, 1.807) is 6.07 Å². The van der Waals surface area contributed by atoms with Crippen LogP contribution in [0.1, 0.15) is 36.0 Å². The van der Waals surface area contributed by atoms with Crippen molar-refractivity contribution in [3.8, 4) is 0 Å². The minimum Gasteiger partial charge on any atom is -0.472 e. The lowest BCUT2D eigenvalue weighted by atomic mass is 9.85. The number of hydrogen-bond acceptors (Lipinski definition) is 4. The van der Waals surface area contributed by atoms with Gasteiger partial charge in [0.25, 0.3) is 5.91 Å². The van der Waals surface area contributed by atoms with E-state index >= 15 is 0 Å². The number of nitrogens with one attached hydrogen (secondary N) is 1. The number of methoxy groups -OCH3 is 1. The summed E-state index contributed by atoms with van der Waals surface area (Å²) in [6.07, 6.45) is 6.19. The van der Waals surface area contributed by atoms with E-state index in [2.05, 4.69) is 5.32 Å². The molecule has 2 unspecified atom stereocenters. The Balaban J connectivity index is 1.90. The summed E-state index contributed by atoms with van der Waals surface area (Å²) in [5.74, 6) is -0.435. The molecule has 1 aliphatic carbocycles. The van der Waals surface area contributed by atoms with Crippen molar-refractivity contribution >= 4 is 11.9 Å². The largest absolute Gasteiger partial charge is 0.472 e. The lowest BCUT2D eigenvalue weighted by Crippen LogP contribution is -2.40. The van der Waals surface area contributed by atoms with Gasteiger partial charge in [0.05, 0.1) is 24.9 Å². The fourth-order valence-electron chi connectivity index (χ4n) is 2.36. The van der Waals surface area contributed by atoms with Gasteiger partial charge in [-0.25, -0.2) is 0 Å². The van der Waals surface area contributed by atoms with Gasteiger partial charge in [-0.2, -0.15) is 0 Å². The second-order valence-electron chi connectivity index (χ2n) is 4.57. The number of amides is 1. The normalized spacial score (nSPS) is 23.4. The van der Waals surface area contributed by atoms with Gasteiger partial charge in [0.2, 0.25) is 0 Å². The van der Waals surface area contributed by atoms with Crippen molar-refractivity contribution in [1.82, 2.24) is 5.32 Å². The van der Waals surface area contributed by atoms with Gasteiger partial charge < -0.3 is 14.5 Å². The molecular weight excluding hydrogens is 234 g/mol. The van der Waals surface area contributed by atoms with Crippen LogP contribution < -0.4 is 5.32 Å². The summed E-state index contributed by atoms with van der Waals surface area (Å²) in [5.41, 5.74) is 0.509. The predicted octanol–water partition coefficient (Wildman–Crippen LogP) is 1.74. The third kappa shape index (κ3) is 2.91. The van der Waals surface area contributed by atoms with E-state index in [0.29, 0.717) is 12.0 Å². The van der Waals surface area contributed by atoms with Gasteiger partial charge in [0.15, 0.2) is 0 Å². The van der Waals surface area contributed by atoms with Crippen molar-refractivity contribution in [1.29, 1.82) is 0 Å². The minimum atomic E-state index is -0.183. The molecule has 1 heterocycles. The van der Waals surface area contributed by atoms with Crippen LogP contribution in [0.25, 0.3) is 0 Å².